The standard InChI is InChI=1S/C20H21N5O2S/c1-3-25-19(15-9-5-4-6-10-15)23-24-20(25)28-14-18(26)22-21-13-16-11-7-8-12-17(16)27-2/h4-13H,3,14H2,1-2H3,(H,22,26)/b21-13-. The highest BCUT2D eigenvalue weighted by atomic mass is 32.2. The maximum atomic E-state index is 12.1. The topological polar surface area (TPSA) is 81.4 Å². The summed E-state index contributed by atoms with van der Waals surface area (Å²) in [6, 6.07) is 17.3. The van der Waals surface area contributed by atoms with E-state index in [2.05, 4.69) is 20.7 Å². The smallest absolute Gasteiger partial charge is 0.250 e. The highest BCUT2D eigenvalue weighted by molar-refractivity contribution is 7.99. The molecule has 3 aromatic rings. The number of hydrogen-bond acceptors (Lipinski definition) is 6. The number of nitrogens with one attached hydrogen (secondary N) is 1. The zero-order valence-corrected chi connectivity index (χ0v) is 16.5. The second kappa shape index (κ2) is 9.70. The van der Waals surface area contributed by atoms with Crippen LogP contribution in [0.25, 0.3) is 11.4 Å². The van der Waals surface area contributed by atoms with E-state index in [0.717, 1.165) is 17.0 Å². The third kappa shape index (κ3) is 4.77. The van der Waals surface area contributed by atoms with Crippen molar-refractivity contribution in [3.8, 4) is 17.1 Å². The number of carbonyl (C=O) groups is 1. The monoisotopic (exact) mass is 395 g/mol. The summed E-state index contributed by atoms with van der Waals surface area (Å²) in [4.78, 5) is 12.1. The van der Waals surface area contributed by atoms with E-state index in [-0.39, 0.29) is 11.7 Å². The average Bonchev–Trinajstić information content (AvgIpc) is 3.16. The molecule has 1 amide bonds. The summed E-state index contributed by atoms with van der Waals surface area (Å²) in [5.41, 5.74) is 4.31. The highest BCUT2D eigenvalue weighted by Crippen LogP contribution is 2.23. The number of para-hydroxylation sites is 1. The Morgan fingerprint density at radius 2 is 1.93 bits per heavy atom. The normalized spacial score (nSPS) is 10.9. The fraction of sp³-hybridized carbons (Fsp3) is 0.200. The largest absolute Gasteiger partial charge is 0.496 e. The molecule has 0 radical (unpaired) electrons. The van der Waals surface area contributed by atoms with Crippen molar-refractivity contribution in [1.29, 1.82) is 0 Å². The Balaban J connectivity index is 1.59. The molecule has 28 heavy (non-hydrogen) atoms. The van der Waals surface area contributed by atoms with Gasteiger partial charge < -0.3 is 9.30 Å². The van der Waals surface area contributed by atoms with Gasteiger partial charge in [-0.2, -0.15) is 5.10 Å². The lowest BCUT2D eigenvalue weighted by Crippen LogP contribution is -2.20. The van der Waals surface area contributed by atoms with E-state index in [1.165, 1.54) is 11.8 Å². The first-order valence-corrected chi connectivity index (χ1v) is 9.77. The van der Waals surface area contributed by atoms with E-state index < -0.39 is 0 Å². The fourth-order valence-electron chi connectivity index (χ4n) is 2.59. The molecule has 0 aliphatic rings. The SMILES string of the molecule is CCn1c(SCC(=O)N/N=C\c2ccccc2OC)nnc1-c1ccccc1. The number of aromatic nitrogens is 3. The molecule has 0 spiro atoms. The summed E-state index contributed by atoms with van der Waals surface area (Å²) < 4.78 is 7.24. The molecule has 0 saturated heterocycles. The molecule has 1 aromatic heterocycles. The predicted molar refractivity (Wildman–Crippen MR) is 111 cm³/mol. The van der Waals surface area contributed by atoms with Crippen LogP contribution in [0.3, 0.4) is 0 Å². The molecule has 1 heterocycles. The molecule has 0 saturated carbocycles. The minimum Gasteiger partial charge on any atom is -0.496 e. The summed E-state index contributed by atoms with van der Waals surface area (Å²) >= 11 is 1.33. The molecule has 1 N–H and O–H groups in total. The van der Waals surface area contributed by atoms with Crippen LogP contribution in [0.15, 0.2) is 64.9 Å². The summed E-state index contributed by atoms with van der Waals surface area (Å²) in [6.45, 7) is 2.74. The zero-order valence-electron chi connectivity index (χ0n) is 15.7. The summed E-state index contributed by atoms with van der Waals surface area (Å²) in [7, 11) is 1.59. The maximum absolute atomic E-state index is 12.1. The van der Waals surface area contributed by atoms with Crippen molar-refractivity contribution in [2.75, 3.05) is 12.9 Å². The summed E-state index contributed by atoms with van der Waals surface area (Å²) in [6.07, 6.45) is 1.56. The second-order valence-electron chi connectivity index (χ2n) is 5.74. The van der Waals surface area contributed by atoms with Gasteiger partial charge in [-0.05, 0) is 19.1 Å². The van der Waals surface area contributed by atoms with Crippen LogP contribution >= 0.6 is 11.8 Å². The van der Waals surface area contributed by atoms with Crippen molar-refractivity contribution < 1.29 is 9.53 Å². The summed E-state index contributed by atoms with van der Waals surface area (Å²) in [5, 5.41) is 13.2. The van der Waals surface area contributed by atoms with Gasteiger partial charge >= 0.3 is 0 Å². The zero-order chi connectivity index (χ0) is 19.8. The number of methoxy groups -OCH3 is 1. The van der Waals surface area contributed by atoms with E-state index in [1.54, 1.807) is 13.3 Å². The number of amides is 1. The Labute approximate surface area is 167 Å². The van der Waals surface area contributed by atoms with Gasteiger partial charge in [0, 0.05) is 17.7 Å². The van der Waals surface area contributed by atoms with Gasteiger partial charge in [0.1, 0.15) is 5.75 Å². The Bertz CT molecular complexity index is 956. The Morgan fingerprint density at radius 1 is 1.18 bits per heavy atom. The van der Waals surface area contributed by atoms with E-state index in [9.17, 15) is 4.79 Å². The molecule has 0 aliphatic heterocycles. The number of carbonyl (C=O) groups excluding carboxylic acids is 1. The van der Waals surface area contributed by atoms with Gasteiger partial charge in [-0.3, -0.25) is 4.79 Å². The quantitative estimate of drug-likeness (QED) is 0.360. The number of hydrogen-bond donors (Lipinski definition) is 1. The van der Waals surface area contributed by atoms with Crippen LogP contribution in [0.4, 0.5) is 0 Å². The molecule has 0 bridgehead atoms. The lowest BCUT2D eigenvalue weighted by Gasteiger charge is -2.07. The third-order valence-electron chi connectivity index (χ3n) is 3.93. The lowest BCUT2D eigenvalue weighted by molar-refractivity contribution is -0.118. The molecular weight excluding hydrogens is 374 g/mol. The van der Waals surface area contributed by atoms with Gasteiger partial charge in [-0.1, -0.05) is 54.2 Å². The average molecular weight is 395 g/mol. The molecule has 0 aliphatic carbocycles. The van der Waals surface area contributed by atoms with Crippen molar-refractivity contribution in [1.82, 2.24) is 20.2 Å². The minimum atomic E-state index is -0.219. The molecule has 8 heteroatoms. The van der Waals surface area contributed by atoms with Crippen LogP contribution in [0.1, 0.15) is 12.5 Å². The molecule has 2 aromatic carbocycles. The fourth-order valence-corrected chi connectivity index (χ4v) is 3.39. The van der Waals surface area contributed by atoms with Crippen molar-refractivity contribution >= 4 is 23.9 Å². The van der Waals surface area contributed by atoms with Gasteiger partial charge in [0.25, 0.3) is 5.91 Å². The van der Waals surface area contributed by atoms with E-state index in [4.69, 9.17) is 4.74 Å². The third-order valence-corrected chi connectivity index (χ3v) is 4.90. The van der Waals surface area contributed by atoms with Gasteiger partial charge in [0.2, 0.25) is 0 Å². The van der Waals surface area contributed by atoms with Crippen LogP contribution < -0.4 is 10.2 Å². The lowest BCUT2D eigenvalue weighted by atomic mass is 10.2. The number of hydrazone groups is 1. The van der Waals surface area contributed by atoms with E-state index >= 15 is 0 Å². The van der Waals surface area contributed by atoms with Crippen molar-refractivity contribution in [2.45, 2.75) is 18.6 Å². The van der Waals surface area contributed by atoms with Gasteiger partial charge in [0.15, 0.2) is 11.0 Å². The van der Waals surface area contributed by atoms with Gasteiger partial charge in [-0.15, -0.1) is 10.2 Å². The number of benzene rings is 2. The number of nitrogens with zero attached hydrogens (tertiary/aromatic N) is 4. The molecule has 144 valence electrons. The van der Waals surface area contributed by atoms with Crippen LogP contribution in [0, 0.1) is 0 Å². The molecule has 7 nitrogen and oxygen atoms in total. The summed E-state index contributed by atoms with van der Waals surface area (Å²) in [5.74, 6) is 1.46. The van der Waals surface area contributed by atoms with E-state index in [1.807, 2.05) is 66.1 Å². The number of thioether (sulfide) groups is 1. The first kappa shape index (κ1) is 19.6. The molecular formula is C20H21N5O2S. The van der Waals surface area contributed by atoms with E-state index in [0.29, 0.717) is 17.5 Å². The Morgan fingerprint density at radius 3 is 2.68 bits per heavy atom. The molecule has 3 rings (SSSR count). The number of ether oxygens (including phenoxy) is 1. The Hall–Kier alpha value is -3.13. The van der Waals surface area contributed by atoms with Crippen LogP contribution in [0.2, 0.25) is 0 Å². The second-order valence-corrected chi connectivity index (χ2v) is 6.68. The van der Waals surface area contributed by atoms with Crippen molar-refractivity contribution in [3.63, 3.8) is 0 Å². The molecule has 0 unspecified atom stereocenters. The minimum absolute atomic E-state index is 0.191. The maximum Gasteiger partial charge on any atom is 0.250 e. The Kier molecular flexibility index (Phi) is 6.80. The van der Waals surface area contributed by atoms with Crippen molar-refractivity contribution in [3.05, 3.63) is 60.2 Å². The molecule has 0 atom stereocenters. The van der Waals surface area contributed by atoms with Crippen LogP contribution in [-0.4, -0.2) is 39.7 Å². The highest BCUT2D eigenvalue weighted by Gasteiger charge is 2.14. The predicted octanol–water partition coefficient (Wildman–Crippen LogP) is 3.22. The van der Waals surface area contributed by atoms with Crippen LogP contribution in [-0.2, 0) is 11.3 Å². The van der Waals surface area contributed by atoms with Gasteiger partial charge in [-0.25, -0.2) is 5.43 Å². The first-order valence-electron chi connectivity index (χ1n) is 8.79. The van der Waals surface area contributed by atoms with Crippen LogP contribution in [0.5, 0.6) is 5.75 Å². The number of rotatable bonds is 8. The van der Waals surface area contributed by atoms with Gasteiger partial charge in [0.05, 0.1) is 19.1 Å². The molecule has 0 fully saturated rings. The van der Waals surface area contributed by atoms with Crippen molar-refractivity contribution in [2.24, 2.45) is 5.10 Å². The first-order chi connectivity index (χ1) is 13.7.